The van der Waals surface area contributed by atoms with E-state index in [2.05, 4.69) is 0 Å². The molecule has 15 heavy (non-hydrogen) atoms. The normalized spacial score (nSPS) is 11.2. The molecule has 0 saturated carbocycles. The van der Waals surface area contributed by atoms with Crippen molar-refractivity contribution in [3.63, 3.8) is 0 Å². The molecule has 0 spiro atoms. The second kappa shape index (κ2) is 5.41. The fourth-order valence-electron chi connectivity index (χ4n) is 0.851. The van der Waals surface area contributed by atoms with Crippen molar-refractivity contribution in [2.45, 2.75) is 11.8 Å². The summed E-state index contributed by atoms with van der Waals surface area (Å²) in [5.41, 5.74) is 0.135. The number of thioether (sulfide) groups is 1. The van der Waals surface area contributed by atoms with Crippen molar-refractivity contribution in [2.24, 2.45) is 0 Å². The fraction of sp³-hybridized carbons (Fsp3) is 0.200. The first kappa shape index (κ1) is 11.6. The number of hydrogen-bond donors (Lipinski definition) is 0. The molecule has 1 aromatic rings. The van der Waals surface area contributed by atoms with Crippen LogP contribution >= 0.6 is 11.8 Å². The van der Waals surface area contributed by atoms with Crippen LogP contribution in [-0.4, -0.2) is 12.0 Å². The summed E-state index contributed by atoms with van der Waals surface area (Å²) in [6.07, 6.45) is 0. The average molecular weight is 225 g/mol. The zero-order valence-electron chi connectivity index (χ0n) is 8.47. The van der Waals surface area contributed by atoms with Gasteiger partial charge in [0.15, 0.2) is 0 Å². The molecule has 0 aliphatic rings. The van der Waals surface area contributed by atoms with Gasteiger partial charge < -0.3 is 4.74 Å². The summed E-state index contributed by atoms with van der Waals surface area (Å²) in [4.78, 5) is 10.9. The lowest BCUT2D eigenvalue weighted by Crippen LogP contribution is -1.91. The summed E-state index contributed by atoms with van der Waals surface area (Å²) in [5.74, 6) is 0.773. The molecular weight excluding hydrogens is 214 g/mol. The minimum atomic E-state index is -0.406. The van der Waals surface area contributed by atoms with Crippen LogP contribution in [0.25, 0.3) is 0 Å². The molecule has 5 heteroatoms. The molecule has 1 aromatic carbocycles. The lowest BCUT2D eigenvalue weighted by molar-refractivity contribution is -0.424. The van der Waals surface area contributed by atoms with E-state index in [1.807, 2.05) is 24.3 Å². The van der Waals surface area contributed by atoms with Crippen LogP contribution < -0.4 is 4.74 Å². The predicted molar refractivity (Wildman–Crippen MR) is 59.6 cm³/mol. The number of nitrogens with zero attached hydrogens (tertiary/aromatic N) is 1. The molecule has 0 radical (unpaired) electrons. The Bertz CT molecular complexity index is 373. The Labute approximate surface area is 92.1 Å². The topological polar surface area (TPSA) is 52.4 Å². The van der Waals surface area contributed by atoms with Crippen molar-refractivity contribution in [1.82, 2.24) is 0 Å². The maximum Gasteiger partial charge on any atom is 0.249 e. The smallest absolute Gasteiger partial charge is 0.249 e. The van der Waals surface area contributed by atoms with Crippen LogP contribution in [-0.2, 0) is 0 Å². The number of hydrogen-bond acceptors (Lipinski definition) is 4. The Kier molecular flexibility index (Phi) is 4.17. The van der Waals surface area contributed by atoms with Gasteiger partial charge in [0.05, 0.1) is 12.0 Å². The van der Waals surface area contributed by atoms with Crippen LogP contribution in [0.15, 0.2) is 40.3 Å². The number of benzene rings is 1. The monoisotopic (exact) mass is 225 g/mol. The van der Waals surface area contributed by atoms with Crippen LogP contribution in [0.5, 0.6) is 5.75 Å². The molecule has 0 aliphatic carbocycles. The van der Waals surface area contributed by atoms with E-state index in [0.717, 1.165) is 10.6 Å². The Morgan fingerprint density at radius 1 is 1.47 bits per heavy atom. The quantitative estimate of drug-likeness (QED) is 0.449. The molecule has 0 aromatic heterocycles. The van der Waals surface area contributed by atoms with Gasteiger partial charge >= 0.3 is 0 Å². The number of nitro groups is 1. The SMILES string of the molecule is COc1ccc(SC=C(C)[N+](=O)[O-])cc1. The molecule has 0 atom stereocenters. The van der Waals surface area contributed by atoms with Gasteiger partial charge in [-0.1, -0.05) is 11.8 Å². The van der Waals surface area contributed by atoms with Crippen molar-refractivity contribution >= 4 is 11.8 Å². The van der Waals surface area contributed by atoms with Crippen molar-refractivity contribution in [3.05, 3.63) is 45.5 Å². The zero-order chi connectivity index (χ0) is 11.3. The summed E-state index contributed by atoms with van der Waals surface area (Å²) < 4.78 is 5.00. The summed E-state index contributed by atoms with van der Waals surface area (Å²) in [7, 11) is 1.60. The van der Waals surface area contributed by atoms with Gasteiger partial charge in [0, 0.05) is 17.2 Å². The third-order valence-corrected chi connectivity index (χ3v) is 2.72. The zero-order valence-corrected chi connectivity index (χ0v) is 9.28. The molecule has 0 bridgehead atoms. The van der Waals surface area contributed by atoms with Crippen molar-refractivity contribution in [3.8, 4) is 5.75 Å². The summed E-state index contributed by atoms with van der Waals surface area (Å²) in [6, 6.07) is 7.34. The summed E-state index contributed by atoms with van der Waals surface area (Å²) in [5, 5.41) is 11.8. The van der Waals surface area contributed by atoms with Gasteiger partial charge in [-0.3, -0.25) is 10.1 Å². The van der Waals surface area contributed by atoms with E-state index in [4.69, 9.17) is 4.74 Å². The number of ether oxygens (including phenoxy) is 1. The molecular formula is C10H11NO3S. The maximum absolute atomic E-state index is 10.3. The standard InChI is InChI=1S/C10H11NO3S/c1-8(11(12)13)7-15-10-5-3-9(14-2)4-6-10/h3-7H,1-2H3. The van der Waals surface area contributed by atoms with E-state index >= 15 is 0 Å². The van der Waals surface area contributed by atoms with Gasteiger partial charge in [0.25, 0.3) is 0 Å². The first-order valence-electron chi connectivity index (χ1n) is 4.25. The van der Waals surface area contributed by atoms with E-state index in [1.54, 1.807) is 7.11 Å². The third-order valence-electron chi connectivity index (χ3n) is 1.71. The van der Waals surface area contributed by atoms with Crippen LogP contribution in [0.1, 0.15) is 6.92 Å². The highest BCUT2D eigenvalue weighted by Gasteiger charge is 2.01. The van der Waals surface area contributed by atoms with Gasteiger partial charge in [-0.15, -0.1) is 0 Å². The molecule has 0 saturated heterocycles. The van der Waals surface area contributed by atoms with Crippen molar-refractivity contribution in [1.29, 1.82) is 0 Å². The van der Waals surface area contributed by atoms with Crippen LogP contribution in [0, 0.1) is 10.1 Å². The highest BCUT2D eigenvalue weighted by Crippen LogP contribution is 2.23. The first-order valence-corrected chi connectivity index (χ1v) is 5.13. The van der Waals surface area contributed by atoms with Gasteiger partial charge in [-0.2, -0.15) is 0 Å². The molecule has 4 nitrogen and oxygen atoms in total. The van der Waals surface area contributed by atoms with Gasteiger partial charge in [-0.05, 0) is 24.3 Å². The minimum Gasteiger partial charge on any atom is -0.497 e. The van der Waals surface area contributed by atoms with Crippen molar-refractivity contribution < 1.29 is 9.66 Å². The minimum absolute atomic E-state index is 0.135. The predicted octanol–water partition coefficient (Wildman–Crippen LogP) is 2.93. The molecule has 0 aliphatic heterocycles. The highest BCUT2D eigenvalue weighted by molar-refractivity contribution is 8.02. The second-order valence-corrected chi connectivity index (χ2v) is 3.75. The molecule has 0 heterocycles. The summed E-state index contributed by atoms with van der Waals surface area (Å²) in [6.45, 7) is 1.47. The van der Waals surface area contributed by atoms with E-state index in [0.29, 0.717) is 0 Å². The molecule has 0 N–H and O–H groups in total. The van der Waals surface area contributed by atoms with E-state index in [1.165, 1.54) is 24.1 Å². The second-order valence-electron chi connectivity index (χ2n) is 2.81. The Morgan fingerprint density at radius 2 is 2.07 bits per heavy atom. The van der Waals surface area contributed by atoms with Gasteiger partial charge in [-0.25, -0.2) is 0 Å². The number of allylic oxidation sites excluding steroid dienone is 1. The molecule has 0 unspecified atom stereocenters. The van der Waals surface area contributed by atoms with E-state index in [-0.39, 0.29) is 5.70 Å². The lowest BCUT2D eigenvalue weighted by Gasteiger charge is -1.99. The Balaban J connectivity index is 2.66. The van der Waals surface area contributed by atoms with Gasteiger partial charge in [0.2, 0.25) is 5.70 Å². The summed E-state index contributed by atoms with van der Waals surface area (Å²) >= 11 is 1.32. The van der Waals surface area contributed by atoms with Crippen LogP contribution in [0.4, 0.5) is 0 Å². The fourth-order valence-corrected chi connectivity index (χ4v) is 1.54. The largest absolute Gasteiger partial charge is 0.497 e. The van der Waals surface area contributed by atoms with Crippen LogP contribution in [0.2, 0.25) is 0 Å². The van der Waals surface area contributed by atoms with Crippen molar-refractivity contribution in [2.75, 3.05) is 7.11 Å². The Morgan fingerprint density at radius 3 is 2.53 bits per heavy atom. The molecule has 80 valence electrons. The lowest BCUT2D eigenvalue weighted by atomic mass is 10.3. The first-order chi connectivity index (χ1) is 7.13. The average Bonchev–Trinajstić information content (AvgIpc) is 2.26. The molecule has 0 amide bonds. The van der Waals surface area contributed by atoms with E-state index in [9.17, 15) is 10.1 Å². The Hall–Kier alpha value is -1.49. The highest BCUT2D eigenvalue weighted by atomic mass is 32.2. The maximum atomic E-state index is 10.3. The molecule has 1 rings (SSSR count). The number of methoxy groups -OCH3 is 1. The van der Waals surface area contributed by atoms with Crippen LogP contribution in [0.3, 0.4) is 0 Å². The third kappa shape index (κ3) is 3.63. The molecule has 0 fully saturated rings. The number of rotatable bonds is 4. The van der Waals surface area contributed by atoms with E-state index < -0.39 is 4.92 Å². The van der Waals surface area contributed by atoms with Gasteiger partial charge in [0.1, 0.15) is 5.75 Å².